The van der Waals surface area contributed by atoms with Crippen LogP contribution < -0.4 is 10.2 Å². The Labute approximate surface area is 190 Å². The van der Waals surface area contributed by atoms with Crippen LogP contribution in [0.5, 0.6) is 0 Å². The van der Waals surface area contributed by atoms with Crippen molar-refractivity contribution in [3.8, 4) is 0 Å². The first-order valence-electron chi connectivity index (χ1n) is 10.2. The molecule has 0 aliphatic rings. The number of anilines is 1. The van der Waals surface area contributed by atoms with Crippen LogP contribution in [0.15, 0.2) is 78.9 Å². The zero-order valence-corrected chi connectivity index (χ0v) is 18.3. The summed E-state index contributed by atoms with van der Waals surface area (Å²) in [6.07, 6.45) is -3.17. The molecule has 0 bridgehead atoms. The molecular formula is C25H24ClF3N2O. The monoisotopic (exact) mass is 460 g/mol. The second-order valence-corrected chi connectivity index (χ2v) is 7.78. The van der Waals surface area contributed by atoms with E-state index in [2.05, 4.69) is 5.32 Å². The Kier molecular flexibility index (Phi) is 7.80. The quantitative estimate of drug-likeness (QED) is 0.428. The highest BCUT2D eigenvalue weighted by molar-refractivity contribution is 6.33. The molecule has 1 atom stereocenters. The summed E-state index contributed by atoms with van der Waals surface area (Å²) in [5, 5.41) is 3.25. The lowest BCUT2D eigenvalue weighted by Gasteiger charge is -2.33. The Balaban J connectivity index is 1.85. The van der Waals surface area contributed by atoms with Gasteiger partial charge in [-0.1, -0.05) is 66.2 Å². The number of rotatable bonds is 8. The van der Waals surface area contributed by atoms with Gasteiger partial charge in [-0.3, -0.25) is 4.79 Å². The number of alkyl halides is 3. The number of likely N-dealkylation sites (N-methyl/N-ethyl adjacent to an activating group) is 1. The van der Waals surface area contributed by atoms with Gasteiger partial charge in [-0.05, 0) is 48.2 Å². The molecule has 168 valence electrons. The number of hydrogen-bond acceptors (Lipinski definition) is 2. The van der Waals surface area contributed by atoms with Crippen LogP contribution in [0, 0.1) is 0 Å². The molecule has 0 radical (unpaired) electrons. The van der Waals surface area contributed by atoms with E-state index >= 15 is 0 Å². The van der Waals surface area contributed by atoms with Crippen molar-refractivity contribution in [2.24, 2.45) is 0 Å². The van der Waals surface area contributed by atoms with E-state index < -0.39 is 17.8 Å². The Morgan fingerprint density at radius 2 is 1.59 bits per heavy atom. The maximum Gasteiger partial charge on any atom is 0.416 e. The molecule has 32 heavy (non-hydrogen) atoms. The summed E-state index contributed by atoms with van der Waals surface area (Å²) < 4.78 is 38.4. The molecule has 0 aromatic heterocycles. The minimum atomic E-state index is -4.35. The zero-order chi connectivity index (χ0) is 23.1. The largest absolute Gasteiger partial charge is 0.416 e. The molecule has 3 aromatic rings. The van der Waals surface area contributed by atoms with E-state index in [-0.39, 0.29) is 5.91 Å². The smallest absolute Gasteiger partial charge is 0.357 e. The van der Waals surface area contributed by atoms with E-state index in [0.717, 1.165) is 28.9 Å². The first-order chi connectivity index (χ1) is 15.3. The maximum absolute atomic E-state index is 12.9. The van der Waals surface area contributed by atoms with Crippen LogP contribution in [-0.2, 0) is 17.4 Å². The molecule has 1 amide bonds. The van der Waals surface area contributed by atoms with Crippen LogP contribution in [-0.4, -0.2) is 19.5 Å². The van der Waals surface area contributed by atoms with Crippen molar-refractivity contribution in [2.45, 2.75) is 25.1 Å². The Hall–Kier alpha value is -2.99. The van der Waals surface area contributed by atoms with E-state index in [4.69, 9.17) is 11.6 Å². The molecule has 7 heteroatoms. The molecule has 0 aliphatic carbocycles. The molecule has 0 fully saturated rings. The van der Waals surface area contributed by atoms with E-state index in [0.29, 0.717) is 24.4 Å². The Bertz CT molecular complexity index is 1020. The Morgan fingerprint density at radius 1 is 0.969 bits per heavy atom. The molecule has 1 unspecified atom stereocenters. The molecule has 0 aliphatic heterocycles. The highest BCUT2D eigenvalue weighted by atomic mass is 35.5. The second kappa shape index (κ2) is 10.6. The summed E-state index contributed by atoms with van der Waals surface area (Å²) in [7, 11) is 1.59. The van der Waals surface area contributed by atoms with Crippen molar-refractivity contribution >= 4 is 23.2 Å². The van der Waals surface area contributed by atoms with Crippen LogP contribution in [0.4, 0.5) is 18.9 Å². The number of carbonyl (C=O) groups excluding carboxylic acids is 1. The number of nitrogens with one attached hydrogen (secondary N) is 1. The van der Waals surface area contributed by atoms with Crippen LogP contribution in [0.2, 0.25) is 5.02 Å². The van der Waals surface area contributed by atoms with Gasteiger partial charge in [0, 0.05) is 13.6 Å². The third-order valence-electron chi connectivity index (χ3n) is 5.23. The number of nitrogens with zero attached hydrogens (tertiary/aromatic N) is 1. The molecule has 3 rings (SSSR count). The number of benzene rings is 3. The van der Waals surface area contributed by atoms with E-state index in [9.17, 15) is 18.0 Å². The first kappa shape index (κ1) is 23.7. The van der Waals surface area contributed by atoms with E-state index in [1.165, 1.54) is 12.1 Å². The summed E-state index contributed by atoms with van der Waals surface area (Å²) in [4.78, 5) is 14.8. The Morgan fingerprint density at radius 3 is 2.19 bits per heavy atom. The number of para-hydroxylation sites is 1. The van der Waals surface area contributed by atoms with Gasteiger partial charge in [-0.2, -0.15) is 13.2 Å². The highest BCUT2D eigenvalue weighted by Gasteiger charge is 2.30. The SMILES string of the molecule is CNC(=O)C(c1ccccc1)N(CCCc1ccc(C(F)(F)F)cc1)c1ccccc1Cl. The number of carbonyl (C=O) groups is 1. The molecule has 3 nitrogen and oxygen atoms in total. The zero-order valence-electron chi connectivity index (χ0n) is 17.6. The lowest BCUT2D eigenvalue weighted by atomic mass is 10.0. The van der Waals surface area contributed by atoms with Crippen molar-refractivity contribution in [1.82, 2.24) is 5.32 Å². The highest BCUT2D eigenvalue weighted by Crippen LogP contribution is 2.33. The molecule has 0 spiro atoms. The fourth-order valence-corrected chi connectivity index (χ4v) is 3.88. The minimum absolute atomic E-state index is 0.175. The minimum Gasteiger partial charge on any atom is -0.357 e. The predicted molar refractivity (Wildman–Crippen MR) is 122 cm³/mol. The van der Waals surface area contributed by atoms with Gasteiger partial charge in [0.1, 0.15) is 6.04 Å². The third-order valence-corrected chi connectivity index (χ3v) is 5.55. The summed E-state index contributed by atoms with van der Waals surface area (Å²) >= 11 is 6.47. The van der Waals surface area contributed by atoms with E-state index in [1.807, 2.05) is 53.4 Å². The van der Waals surface area contributed by atoms with Crippen molar-refractivity contribution in [3.63, 3.8) is 0 Å². The van der Waals surface area contributed by atoms with Crippen molar-refractivity contribution in [3.05, 3.63) is 101 Å². The van der Waals surface area contributed by atoms with Crippen LogP contribution in [0.1, 0.15) is 29.2 Å². The summed E-state index contributed by atoms with van der Waals surface area (Å²) in [5.41, 5.74) is 1.68. The lowest BCUT2D eigenvalue weighted by Crippen LogP contribution is -2.40. The fraction of sp³-hybridized carbons (Fsp3) is 0.240. The number of aryl methyl sites for hydroxylation is 1. The lowest BCUT2D eigenvalue weighted by molar-refractivity contribution is -0.137. The maximum atomic E-state index is 12.9. The van der Waals surface area contributed by atoms with Gasteiger partial charge >= 0.3 is 6.18 Å². The van der Waals surface area contributed by atoms with Crippen molar-refractivity contribution in [2.75, 3.05) is 18.5 Å². The molecule has 0 saturated heterocycles. The number of amides is 1. The van der Waals surface area contributed by atoms with Crippen LogP contribution >= 0.6 is 11.6 Å². The molecule has 0 heterocycles. The van der Waals surface area contributed by atoms with Gasteiger partial charge in [-0.25, -0.2) is 0 Å². The second-order valence-electron chi connectivity index (χ2n) is 7.37. The molecule has 3 aromatic carbocycles. The normalized spacial score (nSPS) is 12.3. The van der Waals surface area contributed by atoms with Gasteiger partial charge < -0.3 is 10.2 Å². The van der Waals surface area contributed by atoms with Gasteiger partial charge in [0.05, 0.1) is 16.3 Å². The standard InChI is InChI=1S/C25H24ClF3N2O/c1-30-24(32)23(19-9-3-2-4-10-19)31(22-12-6-5-11-21(22)26)17-7-8-18-13-15-20(16-14-18)25(27,28)29/h2-6,9-16,23H,7-8,17H2,1H3,(H,30,32). The van der Waals surface area contributed by atoms with Crippen molar-refractivity contribution in [1.29, 1.82) is 0 Å². The summed E-state index contributed by atoms with van der Waals surface area (Å²) in [6.45, 7) is 0.484. The molecule has 1 N–H and O–H groups in total. The van der Waals surface area contributed by atoms with Crippen LogP contribution in [0.25, 0.3) is 0 Å². The average molecular weight is 461 g/mol. The third kappa shape index (κ3) is 5.82. The average Bonchev–Trinajstić information content (AvgIpc) is 2.79. The van der Waals surface area contributed by atoms with Crippen molar-refractivity contribution < 1.29 is 18.0 Å². The van der Waals surface area contributed by atoms with E-state index in [1.54, 1.807) is 13.1 Å². The number of hydrogen-bond donors (Lipinski definition) is 1. The topological polar surface area (TPSA) is 32.3 Å². The van der Waals surface area contributed by atoms with Gasteiger partial charge in [0.2, 0.25) is 5.91 Å². The summed E-state index contributed by atoms with van der Waals surface area (Å²) in [6, 6.07) is 21.3. The molecule has 0 saturated carbocycles. The van der Waals surface area contributed by atoms with Crippen LogP contribution in [0.3, 0.4) is 0 Å². The van der Waals surface area contributed by atoms with Gasteiger partial charge in [-0.15, -0.1) is 0 Å². The van der Waals surface area contributed by atoms with Gasteiger partial charge in [0.25, 0.3) is 0 Å². The fourth-order valence-electron chi connectivity index (χ4n) is 3.63. The van der Waals surface area contributed by atoms with Gasteiger partial charge in [0.15, 0.2) is 0 Å². The predicted octanol–water partition coefficient (Wildman–Crippen LogP) is 6.29. The molecular weight excluding hydrogens is 437 g/mol. The number of halogens is 4. The first-order valence-corrected chi connectivity index (χ1v) is 10.6. The summed E-state index contributed by atoms with van der Waals surface area (Å²) in [5.74, 6) is -0.175.